The first-order chi connectivity index (χ1) is 12.3. The molecule has 2 aromatic heterocycles. The van der Waals surface area contributed by atoms with Gasteiger partial charge in [-0.1, -0.05) is 36.4 Å². The molecule has 1 amide bonds. The summed E-state index contributed by atoms with van der Waals surface area (Å²) in [7, 11) is 0. The Bertz CT molecular complexity index is 784. The van der Waals surface area contributed by atoms with Gasteiger partial charge in [0.2, 0.25) is 11.8 Å². The first-order valence-corrected chi connectivity index (χ1v) is 9.14. The van der Waals surface area contributed by atoms with E-state index in [1.807, 2.05) is 52.7 Å². The number of aromatic nitrogens is 1. The standard InChI is InChI=1S/C19H21N3O2S/c20-9-5-10-22(13-15-6-2-1-3-7-15)18(23)12-16-14-24-19(21-16)17-8-4-11-25-17/h1-4,6-8,11,14H,5,9-10,12-13,20H2. The highest BCUT2D eigenvalue weighted by Gasteiger charge is 2.17. The lowest BCUT2D eigenvalue weighted by atomic mass is 10.2. The van der Waals surface area contributed by atoms with Crippen LogP contribution in [0.25, 0.3) is 10.8 Å². The molecule has 5 nitrogen and oxygen atoms in total. The summed E-state index contributed by atoms with van der Waals surface area (Å²) in [6.45, 7) is 1.78. The summed E-state index contributed by atoms with van der Waals surface area (Å²) >= 11 is 1.56. The van der Waals surface area contributed by atoms with Crippen LogP contribution < -0.4 is 5.73 Å². The average Bonchev–Trinajstić information content (AvgIpc) is 3.31. The summed E-state index contributed by atoms with van der Waals surface area (Å²) in [5.41, 5.74) is 7.37. The highest BCUT2D eigenvalue weighted by atomic mass is 32.1. The second-order valence-electron chi connectivity index (χ2n) is 5.74. The molecule has 0 radical (unpaired) electrons. The molecule has 0 atom stereocenters. The van der Waals surface area contributed by atoms with Gasteiger partial charge in [0.05, 0.1) is 17.0 Å². The smallest absolute Gasteiger partial charge is 0.236 e. The third kappa shape index (κ3) is 4.78. The second kappa shape index (κ2) is 8.60. The number of oxazole rings is 1. The van der Waals surface area contributed by atoms with Crippen LogP contribution in [-0.2, 0) is 17.8 Å². The number of nitrogens with two attached hydrogens (primary N) is 1. The fraction of sp³-hybridized carbons (Fsp3) is 0.263. The van der Waals surface area contributed by atoms with E-state index in [1.165, 1.54) is 0 Å². The number of benzene rings is 1. The maximum absolute atomic E-state index is 12.7. The Morgan fingerprint density at radius 2 is 2.04 bits per heavy atom. The van der Waals surface area contributed by atoms with Crippen molar-refractivity contribution in [3.05, 3.63) is 65.4 Å². The zero-order valence-corrected chi connectivity index (χ0v) is 14.7. The van der Waals surface area contributed by atoms with Gasteiger partial charge in [-0.25, -0.2) is 4.98 Å². The second-order valence-corrected chi connectivity index (χ2v) is 6.69. The average molecular weight is 355 g/mol. The van der Waals surface area contributed by atoms with Gasteiger partial charge in [0, 0.05) is 13.1 Å². The Morgan fingerprint density at radius 3 is 2.76 bits per heavy atom. The van der Waals surface area contributed by atoms with Crippen molar-refractivity contribution < 1.29 is 9.21 Å². The van der Waals surface area contributed by atoms with Crippen LogP contribution in [-0.4, -0.2) is 28.9 Å². The predicted octanol–water partition coefficient (Wildman–Crippen LogP) is 3.32. The minimum Gasteiger partial charge on any atom is -0.444 e. The van der Waals surface area contributed by atoms with E-state index in [1.54, 1.807) is 17.6 Å². The summed E-state index contributed by atoms with van der Waals surface area (Å²) in [5, 5.41) is 1.97. The summed E-state index contributed by atoms with van der Waals surface area (Å²) in [5.74, 6) is 0.595. The summed E-state index contributed by atoms with van der Waals surface area (Å²) < 4.78 is 5.50. The molecule has 3 aromatic rings. The maximum atomic E-state index is 12.7. The zero-order chi connectivity index (χ0) is 17.5. The Balaban J connectivity index is 1.67. The zero-order valence-electron chi connectivity index (χ0n) is 13.9. The highest BCUT2D eigenvalue weighted by molar-refractivity contribution is 7.13. The van der Waals surface area contributed by atoms with Gasteiger partial charge in [0.15, 0.2) is 0 Å². The predicted molar refractivity (Wildman–Crippen MR) is 99.1 cm³/mol. The molecule has 0 aliphatic heterocycles. The van der Waals surface area contributed by atoms with E-state index in [-0.39, 0.29) is 12.3 Å². The lowest BCUT2D eigenvalue weighted by Crippen LogP contribution is -2.33. The monoisotopic (exact) mass is 355 g/mol. The number of thiophene rings is 1. The van der Waals surface area contributed by atoms with Gasteiger partial charge in [-0.2, -0.15) is 0 Å². The molecule has 0 saturated heterocycles. The highest BCUT2D eigenvalue weighted by Crippen LogP contribution is 2.24. The molecule has 2 N–H and O–H groups in total. The molecule has 3 rings (SSSR count). The minimum atomic E-state index is 0.0309. The van der Waals surface area contributed by atoms with Crippen LogP contribution in [0, 0.1) is 0 Å². The van der Waals surface area contributed by atoms with Gasteiger partial charge in [-0.3, -0.25) is 4.79 Å². The maximum Gasteiger partial charge on any atom is 0.236 e. The third-order valence-corrected chi connectivity index (χ3v) is 4.68. The summed E-state index contributed by atoms with van der Waals surface area (Å²) in [6, 6.07) is 13.9. The van der Waals surface area contributed by atoms with Gasteiger partial charge >= 0.3 is 0 Å². The molecule has 0 bridgehead atoms. The van der Waals surface area contributed by atoms with E-state index in [0.717, 1.165) is 16.9 Å². The quantitative estimate of drug-likeness (QED) is 0.673. The Labute approximate surface area is 151 Å². The number of carbonyl (C=O) groups excluding carboxylic acids is 1. The van der Waals surface area contributed by atoms with Crippen molar-refractivity contribution >= 4 is 17.2 Å². The van der Waals surface area contributed by atoms with Crippen molar-refractivity contribution in [1.82, 2.24) is 9.88 Å². The van der Waals surface area contributed by atoms with E-state index in [4.69, 9.17) is 10.2 Å². The van der Waals surface area contributed by atoms with Crippen LogP contribution >= 0.6 is 11.3 Å². The van der Waals surface area contributed by atoms with Crippen molar-refractivity contribution in [1.29, 1.82) is 0 Å². The molecule has 0 fully saturated rings. The van der Waals surface area contributed by atoms with E-state index in [9.17, 15) is 4.79 Å². The number of amides is 1. The molecule has 130 valence electrons. The van der Waals surface area contributed by atoms with Crippen LogP contribution in [0.15, 0.2) is 58.5 Å². The Kier molecular flexibility index (Phi) is 5.98. The van der Waals surface area contributed by atoms with E-state index < -0.39 is 0 Å². The van der Waals surface area contributed by atoms with Gasteiger partial charge in [-0.15, -0.1) is 11.3 Å². The lowest BCUT2D eigenvalue weighted by molar-refractivity contribution is -0.131. The molecule has 0 unspecified atom stereocenters. The topological polar surface area (TPSA) is 72.4 Å². The summed E-state index contributed by atoms with van der Waals surface area (Å²) in [6.07, 6.45) is 2.57. The molecular formula is C19H21N3O2S. The third-order valence-electron chi connectivity index (χ3n) is 3.82. The summed E-state index contributed by atoms with van der Waals surface area (Å²) in [4.78, 5) is 20.0. The van der Waals surface area contributed by atoms with Crippen LogP contribution in [0.1, 0.15) is 17.7 Å². The lowest BCUT2D eigenvalue weighted by Gasteiger charge is -2.22. The van der Waals surface area contributed by atoms with Gasteiger partial charge < -0.3 is 15.1 Å². The van der Waals surface area contributed by atoms with E-state index >= 15 is 0 Å². The molecule has 0 aliphatic carbocycles. The van der Waals surface area contributed by atoms with Crippen LogP contribution in [0.2, 0.25) is 0 Å². The van der Waals surface area contributed by atoms with Crippen molar-refractivity contribution in [2.24, 2.45) is 5.73 Å². The van der Waals surface area contributed by atoms with Gasteiger partial charge in [0.25, 0.3) is 0 Å². The number of rotatable bonds is 8. The molecule has 25 heavy (non-hydrogen) atoms. The van der Waals surface area contributed by atoms with Crippen molar-refractivity contribution in [2.75, 3.05) is 13.1 Å². The Hall–Kier alpha value is -2.44. The Morgan fingerprint density at radius 1 is 1.20 bits per heavy atom. The molecule has 0 aliphatic rings. The first-order valence-electron chi connectivity index (χ1n) is 8.26. The van der Waals surface area contributed by atoms with Gasteiger partial charge in [-0.05, 0) is 30.0 Å². The number of hydrogen-bond acceptors (Lipinski definition) is 5. The normalized spacial score (nSPS) is 10.8. The SMILES string of the molecule is NCCCN(Cc1ccccc1)C(=O)Cc1coc(-c2cccs2)n1. The van der Waals surface area contributed by atoms with Crippen molar-refractivity contribution in [3.63, 3.8) is 0 Å². The van der Waals surface area contributed by atoms with Crippen LogP contribution in [0.4, 0.5) is 0 Å². The van der Waals surface area contributed by atoms with Crippen molar-refractivity contribution in [3.8, 4) is 10.8 Å². The number of nitrogens with zero attached hydrogens (tertiary/aromatic N) is 2. The molecular weight excluding hydrogens is 334 g/mol. The van der Waals surface area contributed by atoms with Gasteiger partial charge in [0.1, 0.15) is 6.26 Å². The first kappa shape index (κ1) is 17.4. The molecule has 1 aromatic carbocycles. The largest absolute Gasteiger partial charge is 0.444 e. The fourth-order valence-electron chi connectivity index (χ4n) is 2.55. The van der Waals surface area contributed by atoms with E-state index in [0.29, 0.717) is 31.2 Å². The van der Waals surface area contributed by atoms with Crippen molar-refractivity contribution in [2.45, 2.75) is 19.4 Å². The molecule has 0 spiro atoms. The number of hydrogen-bond donors (Lipinski definition) is 1. The molecule has 6 heteroatoms. The molecule has 2 heterocycles. The minimum absolute atomic E-state index is 0.0309. The van der Waals surface area contributed by atoms with Crippen LogP contribution in [0.5, 0.6) is 0 Å². The van der Waals surface area contributed by atoms with Crippen LogP contribution in [0.3, 0.4) is 0 Å². The number of carbonyl (C=O) groups is 1. The fourth-order valence-corrected chi connectivity index (χ4v) is 3.20. The van der Waals surface area contributed by atoms with E-state index in [2.05, 4.69) is 4.98 Å². The molecule has 0 saturated carbocycles.